The van der Waals surface area contributed by atoms with E-state index in [9.17, 15) is 9.59 Å². The highest BCUT2D eigenvalue weighted by molar-refractivity contribution is 5.72. The average molecular weight is 469 g/mol. The number of unbranched alkanes of at least 4 members (excludes halogenated alkanes) is 14. The molecule has 1 atom stereocenters. The van der Waals surface area contributed by atoms with E-state index in [1.807, 2.05) is 13.8 Å². The van der Waals surface area contributed by atoms with Gasteiger partial charge in [0.05, 0.1) is 19.1 Å². The fourth-order valence-electron chi connectivity index (χ4n) is 4.25. The molecule has 0 aliphatic heterocycles. The first kappa shape index (κ1) is 31.9. The van der Waals surface area contributed by atoms with E-state index < -0.39 is 0 Å². The number of carbonyl (C=O) groups is 2. The topological polar surface area (TPSA) is 52.6 Å². The lowest BCUT2D eigenvalue weighted by atomic mass is 9.90. The normalized spacial score (nSPS) is 12.2. The molecule has 0 aromatic heterocycles. The van der Waals surface area contributed by atoms with E-state index in [0.29, 0.717) is 25.6 Å². The van der Waals surface area contributed by atoms with Gasteiger partial charge >= 0.3 is 11.9 Å². The summed E-state index contributed by atoms with van der Waals surface area (Å²) in [7, 11) is 0. The second-order valence-corrected chi connectivity index (χ2v) is 10.1. The van der Waals surface area contributed by atoms with Gasteiger partial charge in [-0.25, -0.2) is 0 Å². The monoisotopic (exact) mass is 468 g/mol. The summed E-state index contributed by atoms with van der Waals surface area (Å²) >= 11 is 0. The van der Waals surface area contributed by atoms with Gasteiger partial charge in [-0.15, -0.1) is 0 Å². The average Bonchev–Trinajstić information content (AvgIpc) is 2.80. The number of hydrogen-bond acceptors (Lipinski definition) is 4. The minimum Gasteiger partial charge on any atom is -0.466 e. The van der Waals surface area contributed by atoms with Crippen LogP contribution in [0.3, 0.4) is 0 Å². The Morgan fingerprint density at radius 1 is 0.576 bits per heavy atom. The summed E-state index contributed by atoms with van der Waals surface area (Å²) in [6.07, 6.45) is 22.6. The van der Waals surface area contributed by atoms with Crippen LogP contribution in [-0.4, -0.2) is 25.2 Å². The van der Waals surface area contributed by atoms with Gasteiger partial charge in [0.25, 0.3) is 0 Å². The largest absolute Gasteiger partial charge is 0.466 e. The Morgan fingerprint density at radius 2 is 0.970 bits per heavy atom. The van der Waals surface area contributed by atoms with Gasteiger partial charge in [0, 0.05) is 6.42 Å². The Hall–Kier alpha value is -1.06. The van der Waals surface area contributed by atoms with E-state index in [2.05, 4.69) is 13.8 Å². The maximum absolute atomic E-state index is 12.1. The third kappa shape index (κ3) is 21.2. The minimum absolute atomic E-state index is 0.0104. The van der Waals surface area contributed by atoms with Gasteiger partial charge < -0.3 is 9.47 Å². The second kappa shape index (κ2) is 24.1. The van der Waals surface area contributed by atoms with E-state index in [-0.39, 0.29) is 17.9 Å². The summed E-state index contributed by atoms with van der Waals surface area (Å²) in [5.41, 5.74) is 0. The van der Waals surface area contributed by atoms with Crippen molar-refractivity contribution in [2.45, 2.75) is 150 Å². The summed E-state index contributed by atoms with van der Waals surface area (Å²) < 4.78 is 10.5. The molecule has 0 saturated heterocycles. The molecule has 4 heteroatoms. The quantitative estimate of drug-likeness (QED) is 0.105. The molecule has 0 N–H and O–H groups in total. The molecule has 0 aromatic carbocycles. The molecule has 0 heterocycles. The predicted octanol–water partition coefficient (Wildman–Crippen LogP) is 8.80. The zero-order valence-corrected chi connectivity index (χ0v) is 22.6. The van der Waals surface area contributed by atoms with Gasteiger partial charge in [-0.1, -0.05) is 118 Å². The molecular formula is C29H56O4. The van der Waals surface area contributed by atoms with Crippen molar-refractivity contribution in [1.29, 1.82) is 0 Å². The van der Waals surface area contributed by atoms with Crippen molar-refractivity contribution in [3.8, 4) is 0 Å². The highest BCUT2D eigenvalue weighted by atomic mass is 16.5. The molecule has 33 heavy (non-hydrogen) atoms. The highest BCUT2D eigenvalue weighted by Gasteiger charge is 2.22. The highest BCUT2D eigenvalue weighted by Crippen LogP contribution is 2.21. The lowest BCUT2D eigenvalue weighted by molar-refractivity contribution is -0.150. The lowest BCUT2D eigenvalue weighted by Crippen LogP contribution is -2.23. The maximum atomic E-state index is 12.1. The number of carbonyl (C=O) groups excluding carboxylic acids is 2. The standard InChI is InChI=1S/C29H56O4/c1-5-24-32-28(30)23-21-19-17-15-13-11-9-7-8-10-12-14-16-18-20-22-27(26(3)4)29(31)33-25-6-2/h26-27H,5-25H2,1-4H3. The van der Waals surface area contributed by atoms with E-state index in [0.717, 1.165) is 38.5 Å². The zero-order valence-electron chi connectivity index (χ0n) is 22.6. The van der Waals surface area contributed by atoms with Crippen molar-refractivity contribution in [1.82, 2.24) is 0 Å². The van der Waals surface area contributed by atoms with E-state index in [1.54, 1.807) is 0 Å². The van der Waals surface area contributed by atoms with Crippen LogP contribution >= 0.6 is 0 Å². The Kier molecular flexibility index (Phi) is 23.3. The molecule has 0 saturated carbocycles. The first-order valence-electron chi connectivity index (χ1n) is 14.3. The van der Waals surface area contributed by atoms with Gasteiger partial charge in [0.2, 0.25) is 0 Å². The summed E-state index contributed by atoms with van der Waals surface area (Å²) in [6, 6.07) is 0. The van der Waals surface area contributed by atoms with E-state index >= 15 is 0 Å². The van der Waals surface area contributed by atoms with Gasteiger partial charge in [-0.05, 0) is 31.6 Å². The fraction of sp³-hybridized carbons (Fsp3) is 0.931. The number of ether oxygens (including phenoxy) is 2. The summed E-state index contributed by atoms with van der Waals surface area (Å²) in [6.45, 7) is 9.45. The first-order valence-corrected chi connectivity index (χ1v) is 14.3. The van der Waals surface area contributed by atoms with Crippen LogP contribution in [0.2, 0.25) is 0 Å². The molecule has 0 bridgehead atoms. The third-order valence-corrected chi connectivity index (χ3v) is 6.42. The summed E-state index contributed by atoms with van der Waals surface area (Å²) in [5.74, 6) is 0.429. The van der Waals surface area contributed by atoms with Crippen LogP contribution in [0.4, 0.5) is 0 Å². The smallest absolute Gasteiger partial charge is 0.309 e. The van der Waals surface area contributed by atoms with Crippen LogP contribution in [0.15, 0.2) is 0 Å². The number of rotatable bonds is 24. The Morgan fingerprint density at radius 3 is 1.39 bits per heavy atom. The van der Waals surface area contributed by atoms with Crippen LogP contribution in [0.1, 0.15) is 150 Å². The first-order chi connectivity index (χ1) is 16.0. The Labute approximate surface area is 206 Å². The number of hydrogen-bond donors (Lipinski definition) is 0. The molecule has 0 radical (unpaired) electrons. The van der Waals surface area contributed by atoms with Crippen LogP contribution < -0.4 is 0 Å². The SMILES string of the molecule is CCCOC(=O)CCCCCCCCCCCCCCCCCC(C(=O)OCCC)C(C)C. The number of esters is 2. The lowest BCUT2D eigenvalue weighted by Gasteiger charge is -2.19. The minimum atomic E-state index is -0.0268. The van der Waals surface area contributed by atoms with Crippen molar-refractivity contribution in [3.63, 3.8) is 0 Å². The van der Waals surface area contributed by atoms with Gasteiger partial charge in [0.15, 0.2) is 0 Å². The van der Waals surface area contributed by atoms with Gasteiger partial charge in [0.1, 0.15) is 0 Å². The maximum Gasteiger partial charge on any atom is 0.309 e. The molecule has 0 aromatic rings. The van der Waals surface area contributed by atoms with E-state index in [1.165, 1.54) is 77.0 Å². The summed E-state index contributed by atoms with van der Waals surface area (Å²) in [4.78, 5) is 23.6. The predicted molar refractivity (Wildman–Crippen MR) is 139 cm³/mol. The molecule has 0 amide bonds. The third-order valence-electron chi connectivity index (χ3n) is 6.42. The molecule has 4 nitrogen and oxygen atoms in total. The van der Waals surface area contributed by atoms with Crippen LogP contribution in [0.5, 0.6) is 0 Å². The van der Waals surface area contributed by atoms with Crippen molar-refractivity contribution < 1.29 is 19.1 Å². The van der Waals surface area contributed by atoms with Crippen LogP contribution in [-0.2, 0) is 19.1 Å². The molecule has 0 rings (SSSR count). The molecule has 1 unspecified atom stereocenters. The molecule has 0 aliphatic rings. The molecule has 0 aliphatic carbocycles. The Balaban J connectivity index is 3.36. The summed E-state index contributed by atoms with van der Waals surface area (Å²) in [5, 5.41) is 0. The molecule has 0 spiro atoms. The van der Waals surface area contributed by atoms with Crippen molar-refractivity contribution in [2.24, 2.45) is 11.8 Å². The molecule has 196 valence electrons. The molecular weight excluding hydrogens is 412 g/mol. The van der Waals surface area contributed by atoms with Crippen molar-refractivity contribution >= 4 is 11.9 Å². The van der Waals surface area contributed by atoms with Gasteiger partial charge in [-0.3, -0.25) is 9.59 Å². The Bertz CT molecular complexity index is 447. The van der Waals surface area contributed by atoms with Gasteiger partial charge in [-0.2, -0.15) is 0 Å². The molecule has 0 fully saturated rings. The van der Waals surface area contributed by atoms with Crippen LogP contribution in [0.25, 0.3) is 0 Å². The van der Waals surface area contributed by atoms with Crippen LogP contribution in [0, 0.1) is 11.8 Å². The second-order valence-electron chi connectivity index (χ2n) is 10.1. The zero-order chi connectivity index (χ0) is 24.6. The fourth-order valence-corrected chi connectivity index (χ4v) is 4.25. The van der Waals surface area contributed by atoms with Crippen molar-refractivity contribution in [3.05, 3.63) is 0 Å². The van der Waals surface area contributed by atoms with E-state index in [4.69, 9.17) is 9.47 Å². The van der Waals surface area contributed by atoms with Crippen molar-refractivity contribution in [2.75, 3.05) is 13.2 Å².